The molecule has 1 aliphatic carbocycles. The van der Waals surface area contributed by atoms with Gasteiger partial charge in [0.1, 0.15) is 11.9 Å². The standard InChI is InChI=1S/C25H30ClFN2O2S/c1-17-10-12-19(13-11-17)14-29(18(2)25(31)28-20-6-3-4-7-20)24(30)16-32-15-21-22(26)8-5-9-23(21)27/h5,8-13,18,20H,3-4,6-7,14-16H2,1-2H3,(H,28,31)/t18-/m0/s1. The van der Waals surface area contributed by atoms with Gasteiger partial charge in [0.05, 0.1) is 5.75 Å². The number of carbonyl (C=O) groups excluding carboxylic acids is 2. The first-order chi connectivity index (χ1) is 15.3. The Morgan fingerprint density at radius 3 is 2.53 bits per heavy atom. The van der Waals surface area contributed by atoms with Crippen LogP contribution in [-0.4, -0.2) is 34.6 Å². The van der Waals surface area contributed by atoms with Gasteiger partial charge in [0, 0.05) is 28.9 Å². The minimum absolute atomic E-state index is 0.125. The van der Waals surface area contributed by atoms with E-state index in [2.05, 4.69) is 5.32 Å². The molecule has 4 nitrogen and oxygen atoms in total. The molecular formula is C25H30ClFN2O2S. The Hall–Kier alpha value is -2.05. The van der Waals surface area contributed by atoms with Gasteiger partial charge in [-0.05, 0) is 44.4 Å². The van der Waals surface area contributed by atoms with Crippen LogP contribution in [0.1, 0.15) is 49.3 Å². The van der Waals surface area contributed by atoms with E-state index >= 15 is 0 Å². The van der Waals surface area contributed by atoms with E-state index in [-0.39, 0.29) is 35.2 Å². The largest absolute Gasteiger partial charge is 0.352 e. The molecule has 172 valence electrons. The van der Waals surface area contributed by atoms with Crippen molar-refractivity contribution in [2.24, 2.45) is 0 Å². The van der Waals surface area contributed by atoms with Gasteiger partial charge in [0.15, 0.2) is 0 Å². The predicted octanol–water partition coefficient (Wildman–Crippen LogP) is 5.50. The summed E-state index contributed by atoms with van der Waals surface area (Å²) in [5.41, 5.74) is 2.49. The molecule has 2 aromatic carbocycles. The van der Waals surface area contributed by atoms with Gasteiger partial charge >= 0.3 is 0 Å². The fourth-order valence-electron chi connectivity index (χ4n) is 3.86. The number of hydrogen-bond acceptors (Lipinski definition) is 3. The number of amides is 2. The van der Waals surface area contributed by atoms with Crippen molar-refractivity contribution in [3.05, 3.63) is 70.0 Å². The number of rotatable bonds is 9. The van der Waals surface area contributed by atoms with Crippen molar-refractivity contribution in [1.29, 1.82) is 0 Å². The van der Waals surface area contributed by atoms with Crippen LogP contribution in [-0.2, 0) is 21.9 Å². The number of halogens is 2. The fraction of sp³-hybridized carbons (Fsp3) is 0.440. The lowest BCUT2D eigenvalue weighted by atomic mass is 10.1. The fourth-order valence-corrected chi connectivity index (χ4v) is 5.11. The maximum Gasteiger partial charge on any atom is 0.242 e. The van der Waals surface area contributed by atoms with Gasteiger partial charge in [-0.2, -0.15) is 0 Å². The predicted molar refractivity (Wildman–Crippen MR) is 129 cm³/mol. The summed E-state index contributed by atoms with van der Waals surface area (Å²) in [7, 11) is 0. The lowest BCUT2D eigenvalue weighted by Crippen LogP contribution is -2.50. The number of nitrogens with zero attached hydrogens (tertiary/aromatic N) is 1. The number of benzene rings is 2. The first-order valence-corrected chi connectivity index (χ1v) is 12.5. The second-order valence-corrected chi connectivity index (χ2v) is 9.76. The van der Waals surface area contributed by atoms with Crippen LogP contribution in [0.5, 0.6) is 0 Å². The molecule has 1 atom stereocenters. The maximum absolute atomic E-state index is 14.0. The summed E-state index contributed by atoms with van der Waals surface area (Å²) in [6.07, 6.45) is 4.23. The molecule has 1 fully saturated rings. The average molecular weight is 477 g/mol. The number of thioether (sulfide) groups is 1. The van der Waals surface area contributed by atoms with E-state index in [1.807, 2.05) is 31.2 Å². The third kappa shape index (κ3) is 6.72. The molecule has 32 heavy (non-hydrogen) atoms. The van der Waals surface area contributed by atoms with Crippen molar-refractivity contribution in [2.45, 2.75) is 63.9 Å². The molecule has 0 aromatic heterocycles. The molecule has 0 aliphatic heterocycles. The highest BCUT2D eigenvalue weighted by Gasteiger charge is 2.28. The van der Waals surface area contributed by atoms with Crippen LogP contribution in [0.3, 0.4) is 0 Å². The second kappa shape index (κ2) is 11.7. The molecule has 1 aliphatic rings. The molecule has 0 heterocycles. The van der Waals surface area contributed by atoms with E-state index in [1.165, 1.54) is 17.8 Å². The normalized spacial score (nSPS) is 14.9. The van der Waals surface area contributed by atoms with Crippen molar-refractivity contribution in [3.63, 3.8) is 0 Å². The molecule has 0 unspecified atom stereocenters. The van der Waals surface area contributed by atoms with E-state index in [0.29, 0.717) is 17.1 Å². The van der Waals surface area contributed by atoms with Crippen LogP contribution in [0.15, 0.2) is 42.5 Å². The summed E-state index contributed by atoms with van der Waals surface area (Å²) in [6, 6.07) is 12.1. The Morgan fingerprint density at radius 1 is 1.19 bits per heavy atom. The zero-order chi connectivity index (χ0) is 23.1. The van der Waals surface area contributed by atoms with Crippen molar-refractivity contribution in [3.8, 4) is 0 Å². The second-order valence-electron chi connectivity index (χ2n) is 8.37. The molecule has 2 aromatic rings. The van der Waals surface area contributed by atoms with Gasteiger partial charge in [0.25, 0.3) is 0 Å². The molecule has 0 bridgehead atoms. The van der Waals surface area contributed by atoms with Crippen molar-refractivity contribution >= 4 is 35.2 Å². The zero-order valence-electron chi connectivity index (χ0n) is 18.6. The third-order valence-electron chi connectivity index (χ3n) is 5.88. The minimum Gasteiger partial charge on any atom is -0.352 e. The highest BCUT2D eigenvalue weighted by molar-refractivity contribution is 7.99. The Morgan fingerprint density at radius 2 is 1.88 bits per heavy atom. The maximum atomic E-state index is 14.0. The Bertz CT molecular complexity index is 912. The van der Waals surface area contributed by atoms with Gasteiger partial charge in [-0.3, -0.25) is 9.59 Å². The van der Waals surface area contributed by atoms with Gasteiger partial charge in [0.2, 0.25) is 11.8 Å². The SMILES string of the molecule is Cc1ccc(CN(C(=O)CSCc2c(F)cccc2Cl)[C@@H](C)C(=O)NC2CCCC2)cc1. The number of aryl methyl sites for hydroxylation is 1. The molecule has 7 heteroatoms. The molecule has 1 saturated carbocycles. The van der Waals surface area contributed by atoms with E-state index < -0.39 is 6.04 Å². The molecule has 0 saturated heterocycles. The Balaban J connectivity index is 1.67. The third-order valence-corrected chi connectivity index (χ3v) is 7.17. The number of carbonyl (C=O) groups is 2. The average Bonchev–Trinajstić information content (AvgIpc) is 3.27. The van der Waals surface area contributed by atoms with Gasteiger partial charge in [-0.15, -0.1) is 11.8 Å². The summed E-state index contributed by atoms with van der Waals surface area (Å²) in [5.74, 6) is -0.231. The molecule has 0 radical (unpaired) electrons. The molecular weight excluding hydrogens is 447 g/mol. The summed E-state index contributed by atoms with van der Waals surface area (Å²) in [4.78, 5) is 27.7. The van der Waals surface area contributed by atoms with Crippen molar-refractivity contribution in [1.82, 2.24) is 10.2 Å². The lowest BCUT2D eigenvalue weighted by Gasteiger charge is -2.29. The minimum atomic E-state index is -0.595. The van der Waals surface area contributed by atoms with Gasteiger partial charge in [-0.25, -0.2) is 4.39 Å². The van der Waals surface area contributed by atoms with Crippen LogP contribution in [0.2, 0.25) is 5.02 Å². The molecule has 3 rings (SSSR count). The quantitative estimate of drug-likeness (QED) is 0.520. The molecule has 2 amide bonds. The van der Waals surface area contributed by atoms with Crippen molar-refractivity contribution < 1.29 is 14.0 Å². The summed E-state index contributed by atoms with van der Waals surface area (Å²) in [6.45, 7) is 4.13. The Labute approximate surface area is 198 Å². The topological polar surface area (TPSA) is 49.4 Å². The highest BCUT2D eigenvalue weighted by atomic mass is 35.5. The van der Waals surface area contributed by atoms with E-state index in [4.69, 9.17) is 11.6 Å². The van der Waals surface area contributed by atoms with E-state index in [9.17, 15) is 14.0 Å². The zero-order valence-corrected chi connectivity index (χ0v) is 20.1. The smallest absolute Gasteiger partial charge is 0.242 e. The lowest BCUT2D eigenvalue weighted by molar-refractivity contribution is -0.138. The van der Waals surface area contributed by atoms with Crippen LogP contribution >= 0.6 is 23.4 Å². The monoisotopic (exact) mass is 476 g/mol. The highest BCUT2D eigenvalue weighted by Crippen LogP contribution is 2.25. The Kier molecular flexibility index (Phi) is 9.00. The van der Waals surface area contributed by atoms with Crippen molar-refractivity contribution in [2.75, 3.05) is 5.75 Å². The summed E-state index contributed by atoms with van der Waals surface area (Å²) < 4.78 is 14.0. The van der Waals surface area contributed by atoms with E-state index in [1.54, 1.807) is 24.0 Å². The first kappa shape index (κ1) is 24.6. The number of nitrogens with one attached hydrogen (secondary N) is 1. The van der Waals surface area contributed by atoms with Crippen LogP contribution < -0.4 is 5.32 Å². The van der Waals surface area contributed by atoms with Crippen LogP contribution in [0.4, 0.5) is 4.39 Å². The molecule has 0 spiro atoms. The van der Waals surface area contributed by atoms with Crippen LogP contribution in [0, 0.1) is 12.7 Å². The molecule has 1 N–H and O–H groups in total. The van der Waals surface area contributed by atoms with Crippen LogP contribution in [0.25, 0.3) is 0 Å². The summed E-state index contributed by atoms with van der Waals surface area (Å²) in [5, 5.41) is 3.45. The number of hydrogen-bond donors (Lipinski definition) is 1. The van der Waals surface area contributed by atoms with Gasteiger partial charge in [-0.1, -0.05) is 60.3 Å². The first-order valence-electron chi connectivity index (χ1n) is 11.0. The van der Waals surface area contributed by atoms with E-state index in [0.717, 1.165) is 36.8 Å². The summed E-state index contributed by atoms with van der Waals surface area (Å²) >= 11 is 7.40. The van der Waals surface area contributed by atoms with Gasteiger partial charge < -0.3 is 10.2 Å².